The minimum atomic E-state index is -0.435. The van der Waals surface area contributed by atoms with E-state index in [-0.39, 0.29) is 12.3 Å². The summed E-state index contributed by atoms with van der Waals surface area (Å²) in [5, 5.41) is 3.97. The molecule has 1 N–H and O–H groups in total. The van der Waals surface area contributed by atoms with Crippen molar-refractivity contribution >= 4 is 28.3 Å². The van der Waals surface area contributed by atoms with Gasteiger partial charge in [0.2, 0.25) is 0 Å². The molecule has 122 valence electrons. The number of carbonyl (C=O) groups excluding carboxylic acids is 2. The van der Waals surface area contributed by atoms with Crippen LogP contribution in [0.4, 0.5) is 5.69 Å². The maximum atomic E-state index is 12.6. The second-order valence-corrected chi connectivity index (χ2v) is 5.48. The van der Waals surface area contributed by atoms with Crippen molar-refractivity contribution in [1.29, 1.82) is 0 Å². The summed E-state index contributed by atoms with van der Waals surface area (Å²) in [7, 11) is 3.25. The van der Waals surface area contributed by atoms with Crippen molar-refractivity contribution in [2.45, 2.75) is 0 Å². The third kappa shape index (κ3) is 2.88. The molecule has 0 unspecified atom stereocenters. The van der Waals surface area contributed by atoms with Crippen LogP contribution in [-0.4, -0.2) is 30.0 Å². The Bertz CT molecular complexity index is 912. The fraction of sp³-hybridized carbons (Fsp3) is 0.158. The highest BCUT2D eigenvalue weighted by atomic mass is 16.5. The van der Waals surface area contributed by atoms with Crippen molar-refractivity contribution in [2.75, 3.05) is 19.0 Å². The number of esters is 1. The number of hydrogen-bond donors (Lipinski definition) is 1. The fourth-order valence-electron chi connectivity index (χ4n) is 2.76. The van der Waals surface area contributed by atoms with Gasteiger partial charge < -0.3 is 14.6 Å². The van der Waals surface area contributed by atoms with E-state index in [1.165, 1.54) is 7.11 Å². The van der Waals surface area contributed by atoms with Crippen molar-refractivity contribution in [3.63, 3.8) is 0 Å². The number of nitrogens with one attached hydrogen (secondary N) is 1. The first-order valence-electron chi connectivity index (χ1n) is 7.60. The van der Waals surface area contributed by atoms with E-state index in [1.807, 2.05) is 42.1 Å². The van der Waals surface area contributed by atoms with E-state index in [4.69, 9.17) is 4.74 Å². The zero-order valence-electron chi connectivity index (χ0n) is 13.6. The van der Waals surface area contributed by atoms with E-state index < -0.39 is 5.97 Å². The van der Waals surface area contributed by atoms with E-state index in [0.29, 0.717) is 16.8 Å². The highest BCUT2D eigenvalue weighted by Gasteiger charge is 2.15. The lowest BCUT2D eigenvalue weighted by Crippen LogP contribution is -2.16. The maximum absolute atomic E-state index is 12.6. The number of ether oxygens (including phenoxy) is 1. The molecule has 1 aromatic heterocycles. The predicted octanol–water partition coefficient (Wildman–Crippen LogP) is 3.26. The Morgan fingerprint density at radius 2 is 1.75 bits per heavy atom. The Morgan fingerprint density at radius 3 is 2.54 bits per heavy atom. The van der Waals surface area contributed by atoms with Crippen LogP contribution in [-0.2, 0) is 11.8 Å². The van der Waals surface area contributed by atoms with Crippen LogP contribution in [0.2, 0.25) is 0 Å². The minimum absolute atomic E-state index is 0.0357. The molecule has 0 saturated heterocycles. The summed E-state index contributed by atoms with van der Waals surface area (Å²) in [6, 6.07) is 14.7. The van der Waals surface area contributed by atoms with Crippen LogP contribution in [0.1, 0.15) is 20.7 Å². The number of nitrogens with zero attached hydrogens (tertiary/aromatic N) is 1. The number of aryl methyl sites for hydroxylation is 1. The van der Waals surface area contributed by atoms with E-state index in [1.54, 1.807) is 24.3 Å². The zero-order chi connectivity index (χ0) is 17.1. The van der Waals surface area contributed by atoms with Gasteiger partial charge in [0.1, 0.15) is 0 Å². The van der Waals surface area contributed by atoms with E-state index in [2.05, 4.69) is 5.32 Å². The predicted molar refractivity (Wildman–Crippen MR) is 93.5 cm³/mol. The Labute approximate surface area is 139 Å². The van der Waals surface area contributed by atoms with Gasteiger partial charge in [0, 0.05) is 35.4 Å². The SMILES string of the molecule is COC(=O)c1ccccc1NCC(=O)c1cn(C)c2ccccc12. The van der Waals surface area contributed by atoms with Gasteiger partial charge in [0.25, 0.3) is 0 Å². The smallest absolute Gasteiger partial charge is 0.339 e. The first kappa shape index (κ1) is 15.8. The van der Waals surface area contributed by atoms with Crippen molar-refractivity contribution in [2.24, 2.45) is 7.05 Å². The third-order valence-electron chi connectivity index (χ3n) is 3.97. The number of fused-ring (bicyclic) bond motifs is 1. The van der Waals surface area contributed by atoms with Gasteiger partial charge in [-0.1, -0.05) is 30.3 Å². The van der Waals surface area contributed by atoms with Crippen LogP contribution in [0, 0.1) is 0 Å². The largest absolute Gasteiger partial charge is 0.465 e. The van der Waals surface area contributed by atoms with Gasteiger partial charge in [-0.05, 0) is 18.2 Å². The van der Waals surface area contributed by atoms with E-state index >= 15 is 0 Å². The zero-order valence-corrected chi connectivity index (χ0v) is 13.6. The lowest BCUT2D eigenvalue weighted by molar-refractivity contribution is 0.0601. The standard InChI is InChI=1S/C19H18N2O3/c1-21-12-15(13-7-4-6-10-17(13)21)18(22)11-20-16-9-5-3-8-14(16)19(23)24-2/h3-10,12,20H,11H2,1-2H3. The maximum Gasteiger partial charge on any atom is 0.339 e. The molecular formula is C19H18N2O3. The Balaban J connectivity index is 1.82. The van der Waals surface area contributed by atoms with E-state index in [0.717, 1.165) is 10.9 Å². The first-order valence-corrected chi connectivity index (χ1v) is 7.60. The highest BCUT2D eigenvalue weighted by Crippen LogP contribution is 2.21. The highest BCUT2D eigenvalue weighted by molar-refractivity contribution is 6.10. The number of anilines is 1. The summed E-state index contributed by atoms with van der Waals surface area (Å²) in [6.45, 7) is 0.0992. The third-order valence-corrected chi connectivity index (χ3v) is 3.97. The average molecular weight is 322 g/mol. The Hall–Kier alpha value is -3.08. The van der Waals surface area contributed by atoms with Crippen LogP contribution < -0.4 is 5.32 Å². The lowest BCUT2D eigenvalue weighted by atomic mass is 10.1. The van der Waals surface area contributed by atoms with Gasteiger partial charge in [-0.2, -0.15) is 0 Å². The summed E-state index contributed by atoms with van der Waals surface area (Å²) in [5.41, 5.74) is 2.66. The minimum Gasteiger partial charge on any atom is -0.465 e. The molecule has 0 aliphatic rings. The molecule has 5 heteroatoms. The molecule has 0 atom stereocenters. The molecule has 0 saturated carbocycles. The quantitative estimate of drug-likeness (QED) is 0.578. The second-order valence-electron chi connectivity index (χ2n) is 5.48. The molecule has 0 spiro atoms. The molecule has 1 heterocycles. The summed E-state index contributed by atoms with van der Waals surface area (Å²) in [5.74, 6) is -0.470. The molecule has 0 aliphatic carbocycles. The van der Waals surface area contributed by atoms with Gasteiger partial charge in [0.15, 0.2) is 5.78 Å². The van der Waals surface area contributed by atoms with Crippen LogP contribution in [0.5, 0.6) is 0 Å². The second kappa shape index (κ2) is 6.58. The Kier molecular flexibility index (Phi) is 4.33. The van der Waals surface area contributed by atoms with Crippen molar-refractivity contribution < 1.29 is 14.3 Å². The molecule has 0 aliphatic heterocycles. The van der Waals surface area contributed by atoms with Crippen molar-refractivity contribution in [1.82, 2.24) is 4.57 Å². The van der Waals surface area contributed by atoms with Crippen LogP contribution in [0.3, 0.4) is 0 Å². The van der Waals surface area contributed by atoms with Gasteiger partial charge in [-0.3, -0.25) is 4.79 Å². The normalized spacial score (nSPS) is 10.6. The number of aromatic nitrogens is 1. The molecule has 0 bridgehead atoms. The van der Waals surface area contributed by atoms with Crippen molar-refractivity contribution in [3.05, 3.63) is 65.9 Å². The van der Waals surface area contributed by atoms with Gasteiger partial charge in [-0.15, -0.1) is 0 Å². The molecular weight excluding hydrogens is 304 g/mol. The Morgan fingerprint density at radius 1 is 1.04 bits per heavy atom. The summed E-state index contributed by atoms with van der Waals surface area (Å²) < 4.78 is 6.70. The molecule has 2 aromatic carbocycles. The first-order chi connectivity index (χ1) is 11.6. The number of Topliss-reactive ketones (excluding diaryl/α,β-unsaturated/α-hetero) is 1. The number of rotatable bonds is 5. The molecule has 0 radical (unpaired) electrons. The molecule has 3 aromatic rings. The molecule has 3 rings (SSSR count). The van der Waals surface area contributed by atoms with Gasteiger partial charge in [0.05, 0.1) is 19.2 Å². The average Bonchev–Trinajstić information content (AvgIpc) is 2.96. The van der Waals surface area contributed by atoms with Crippen LogP contribution in [0.15, 0.2) is 54.7 Å². The van der Waals surface area contributed by atoms with Crippen LogP contribution >= 0.6 is 0 Å². The molecule has 24 heavy (non-hydrogen) atoms. The number of carbonyl (C=O) groups is 2. The van der Waals surface area contributed by atoms with E-state index in [9.17, 15) is 9.59 Å². The summed E-state index contributed by atoms with van der Waals surface area (Å²) in [4.78, 5) is 24.4. The van der Waals surface area contributed by atoms with Gasteiger partial charge >= 0.3 is 5.97 Å². The topological polar surface area (TPSA) is 60.3 Å². The number of hydrogen-bond acceptors (Lipinski definition) is 4. The molecule has 0 fully saturated rings. The van der Waals surface area contributed by atoms with Gasteiger partial charge in [-0.25, -0.2) is 4.79 Å². The number of benzene rings is 2. The molecule has 5 nitrogen and oxygen atoms in total. The van der Waals surface area contributed by atoms with Crippen molar-refractivity contribution in [3.8, 4) is 0 Å². The fourth-order valence-corrected chi connectivity index (χ4v) is 2.76. The summed E-state index contributed by atoms with van der Waals surface area (Å²) >= 11 is 0. The summed E-state index contributed by atoms with van der Waals surface area (Å²) in [6.07, 6.45) is 1.83. The van der Waals surface area contributed by atoms with Crippen LogP contribution in [0.25, 0.3) is 10.9 Å². The molecule has 0 amide bonds. The number of para-hydroxylation sites is 2. The number of methoxy groups -OCH3 is 1. The lowest BCUT2D eigenvalue weighted by Gasteiger charge is -2.09. The number of ketones is 1. The monoisotopic (exact) mass is 322 g/mol.